The number of hydrogen-bond donors (Lipinski definition) is 2. The molecule has 2 aromatic carbocycles. The average Bonchev–Trinajstić information content (AvgIpc) is 2.68. The number of rotatable bonds is 6. The normalized spacial score (nSPS) is 10.4. The Hall–Kier alpha value is -2.92. The lowest BCUT2D eigenvalue weighted by Gasteiger charge is -2.10. The van der Waals surface area contributed by atoms with Crippen molar-refractivity contribution < 1.29 is 4.79 Å². The summed E-state index contributed by atoms with van der Waals surface area (Å²) >= 11 is 5.89. The van der Waals surface area contributed by atoms with E-state index in [0.717, 1.165) is 23.2 Å². The molecule has 0 saturated heterocycles. The lowest BCUT2D eigenvalue weighted by molar-refractivity contribution is 0.102. The van der Waals surface area contributed by atoms with Gasteiger partial charge in [0.05, 0.1) is 0 Å². The van der Waals surface area contributed by atoms with Gasteiger partial charge in [-0.3, -0.25) is 4.79 Å². The number of anilines is 2. The summed E-state index contributed by atoms with van der Waals surface area (Å²) in [6, 6.07) is 16.9. The molecule has 0 saturated carbocycles. The third kappa shape index (κ3) is 4.58. The van der Waals surface area contributed by atoms with Crippen LogP contribution in [0.4, 0.5) is 11.5 Å². The van der Waals surface area contributed by atoms with Crippen molar-refractivity contribution in [2.75, 3.05) is 10.6 Å². The van der Waals surface area contributed by atoms with E-state index in [4.69, 9.17) is 11.6 Å². The van der Waals surface area contributed by atoms with E-state index in [1.807, 2.05) is 48.5 Å². The van der Waals surface area contributed by atoms with E-state index >= 15 is 0 Å². The summed E-state index contributed by atoms with van der Waals surface area (Å²) in [7, 11) is 0. The van der Waals surface area contributed by atoms with Crippen LogP contribution in [0.3, 0.4) is 0 Å². The molecule has 0 aliphatic rings. The molecule has 0 bridgehead atoms. The van der Waals surface area contributed by atoms with Crippen LogP contribution in [-0.4, -0.2) is 15.9 Å². The van der Waals surface area contributed by atoms with Crippen LogP contribution in [0.15, 0.2) is 60.9 Å². The zero-order chi connectivity index (χ0) is 18.4. The van der Waals surface area contributed by atoms with Crippen molar-refractivity contribution in [2.45, 2.75) is 19.9 Å². The van der Waals surface area contributed by atoms with Gasteiger partial charge in [0.1, 0.15) is 17.8 Å². The van der Waals surface area contributed by atoms with E-state index in [1.54, 1.807) is 6.07 Å². The first kappa shape index (κ1) is 17.9. The monoisotopic (exact) mass is 366 g/mol. The predicted molar refractivity (Wildman–Crippen MR) is 105 cm³/mol. The second kappa shape index (κ2) is 8.45. The maximum atomic E-state index is 12.5. The van der Waals surface area contributed by atoms with Gasteiger partial charge in [-0.15, -0.1) is 0 Å². The molecule has 132 valence electrons. The standard InChI is InChI=1S/C20H19ClN4O/c1-2-15-5-3-4-6-17(15)25-20(26)18-11-19(24-13-23-18)22-12-14-7-9-16(21)10-8-14/h3-11,13H,2,12H2,1H3,(H,25,26)(H,22,23,24). The Morgan fingerprint density at radius 3 is 2.62 bits per heavy atom. The van der Waals surface area contributed by atoms with E-state index in [0.29, 0.717) is 23.1 Å². The summed E-state index contributed by atoms with van der Waals surface area (Å²) in [6.07, 6.45) is 2.22. The first-order chi connectivity index (χ1) is 12.7. The number of halogens is 1. The summed E-state index contributed by atoms with van der Waals surface area (Å²) in [6.45, 7) is 2.63. The van der Waals surface area contributed by atoms with Gasteiger partial charge in [-0.2, -0.15) is 0 Å². The number of nitrogens with one attached hydrogen (secondary N) is 2. The van der Waals surface area contributed by atoms with Crippen molar-refractivity contribution in [3.05, 3.63) is 82.8 Å². The molecule has 0 unspecified atom stereocenters. The quantitative estimate of drug-likeness (QED) is 0.671. The number of aromatic nitrogens is 2. The van der Waals surface area contributed by atoms with E-state index in [9.17, 15) is 4.79 Å². The lowest BCUT2D eigenvalue weighted by atomic mass is 10.1. The van der Waals surface area contributed by atoms with Crippen LogP contribution in [0, 0.1) is 0 Å². The van der Waals surface area contributed by atoms with E-state index in [1.165, 1.54) is 6.33 Å². The Balaban J connectivity index is 1.68. The van der Waals surface area contributed by atoms with Gasteiger partial charge in [0.15, 0.2) is 0 Å². The number of carbonyl (C=O) groups is 1. The van der Waals surface area contributed by atoms with E-state index < -0.39 is 0 Å². The fourth-order valence-electron chi connectivity index (χ4n) is 2.51. The van der Waals surface area contributed by atoms with Crippen LogP contribution < -0.4 is 10.6 Å². The molecule has 0 fully saturated rings. The Bertz CT molecular complexity index is 896. The minimum Gasteiger partial charge on any atom is -0.366 e. The fourth-order valence-corrected chi connectivity index (χ4v) is 2.64. The third-order valence-electron chi connectivity index (χ3n) is 3.93. The molecule has 2 N–H and O–H groups in total. The Morgan fingerprint density at radius 2 is 1.85 bits per heavy atom. The number of hydrogen-bond acceptors (Lipinski definition) is 4. The van der Waals surface area contributed by atoms with Crippen molar-refractivity contribution >= 4 is 29.0 Å². The number of aryl methyl sites for hydroxylation is 1. The summed E-state index contributed by atoms with van der Waals surface area (Å²) in [5, 5.41) is 6.80. The number of nitrogens with zero attached hydrogens (tertiary/aromatic N) is 2. The zero-order valence-electron chi connectivity index (χ0n) is 14.4. The Labute approximate surface area is 157 Å². The van der Waals surface area contributed by atoms with Gasteiger partial charge in [-0.1, -0.05) is 48.9 Å². The topological polar surface area (TPSA) is 66.9 Å². The fraction of sp³-hybridized carbons (Fsp3) is 0.150. The van der Waals surface area contributed by atoms with Crippen molar-refractivity contribution in [1.29, 1.82) is 0 Å². The highest BCUT2D eigenvalue weighted by molar-refractivity contribution is 6.30. The highest BCUT2D eigenvalue weighted by atomic mass is 35.5. The summed E-state index contributed by atoms with van der Waals surface area (Å²) in [5.41, 5.74) is 3.26. The number of carbonyl (C=O) groups excluding carboxylic acids is 1. The molecular formula is C20H19ClN4O. The molecule has 3 aromatic rings. The first-order valence-electron chi connectivity index (χ1n) is 8.35. The molecule has 1 heterocycles. The predicted octanol–water partition coefficient (Wildman–Crippen LogP) is 4.56. The van der Waals surface area contributed by atoms with Gasteiger partial charge in [-0.25, -0.2) is 9.97 Å². The summed E-state index contributed by atoms with van der Waals surface area (Å²) in [4.78, 5) is 20.7. The molecule has 0 aliphatic heterocycles. The molecular weight excluding hydrogens is 348 g/mol. The smallest absolute Gasteiger partial charge is 0.274 e. The van der Waals surface area contributed by atoms with Crippen molar-refractivity contribution in [2.24, 2.45) is 0 Å². The maximum absolute atomic E-state index is 12.5. The molecule has 5 nitrogen and oxygen atoms in total. The number of benzene rings is 2. The molecule has 26 heavy (non-hydrogen) atoms. The zero-order valence-corrected chi connectivity index (χ0v) is 15.1. The summed E-state index contributed by atoms with van der Waals surface area (Å²) < 4.78 is 0. The van der Waals surface area contributed by atoms with Gasteiger partial charge in [0, 0.05) is 23.3 Å². The molecule has 1 amide bonds. The highest BCUT2D eigenvalue weighted by Crippen LogP contribution is 2.17. The van der Waals surface area contributed by atoms with E-state index in [2.05, 4.69) is 27.5 Å². The molecule has 0 spiro atoms. The Kier molecular flexibility index (Phi) is 5.81. The summed E-state index contributed by atoms with van der Waals surface area (Å²) in [5.74, 6) is 0.326. The van der Waals surface area contributed by atoms with Gasteiger partial charge in [0.2, 0.25) is 0 Å². The van der Waals surface area contributed by atoms with Crippen LogP contribution in [0.5, 0.6) is 0 Å². The van der Waals surface area contributed by atoms with Gasteiger partial charge < -0.3 is 10.6 Å². The van der Waals surface area contributed by atoms with Crippen molar-refractivity contribution in [3.8, 4) is 0 Å². The molecule has 0 aliphatic carbocycles. The van der Waals surface area contributed by atoms with Crippen LogP contribution in [0.2, 0.25) is 5.02 Å². The minimum absolute atomic E-state index is 0.261. The van der Waals surface area contributed by atoms with Crippen LogP contribution >= 0.6 is 11.6 Å². The van der Waals surface area contributed by atoms with Crippen molar-refractivity contribution in [1.82, 2.24) is 9.97 Å². The SMILES string of the molecule is CCc1ccccc1NC(=O)c1cc(NCc2ccc(Cl)cc2)ncn1. The van der Waals surface area contributed by atoms with Gasteiger partial charge in [-0.05, 0) is 35.7 Å². The van der Waals surface area contributed by atoms with Crippen LogP contribution in [0.1, 0.15) is 28.5 Å². The van der Waals surface area contributed by atoms with Crippen LogP contribution in [0.25, 0.3) is 0 Å². The second-order valence-corrected chi connectivity index (χ2v) is 6.17. The van der Waals surface area contributed by atoms with Gasteiger partial charge >= 0.3 is 0 Å². The highest BCUT2D eigenvalue weighted by Gasteiger charge is 2.11. The Morgan fingerprint density at radius 1 is 1.08 bits per heavy atom. The number of para-hydroxylation sites is 1. The first-order valence-corrected chi connectivity index (χ1v) is 8.73. The average molecular weight is 367 g/mol. The molecule has 6 heteroatoms. The molecule has 0 radical (unpaired) electrons. The molecule has 3 rings (SSSR count). The minimum atomic E-state index is -0.261. The second-order valence-electron chi connectivity index (χ2n) is 5.73. The van der Waals surface area contributed by atoms with Gasteiger partial charge in [0.25, 0.3) is 5.91 Å². The number of amides is 1. The lowest BCUT2D eigenvalue weighted by Crippen LogP contribution is -2.15. The van der Waals surface area contributed by atoms with Crippen LogP contribution in [-0.2, 0) is 13.0 Å². The van der Waals surface area contributed by atoms with Crippen molar-refractivity contribution in [3.63, 3.8) is 0 Å². The molecule has 1 aromatic heterocycles. The van der Waals surface area contributed by atoms with E-state index in [-0.39, 0.29) is 5.91 Å². The molecule has 0 atom stereocenters. The third-order valence-corrected chi connectivity index (χ3v) is 4.19. The largest absolute Gasteiger partial charge is 0.366 e. The maximum Gasteiger partial charge on any atom is 0.274 e.